The molecule has 0 atom stereocenters. The lowest BCUT2D eigenvalue weighted by molar-refractivity contribution is -0.129. The second-order valence-corrected chi connectivity index (χ2v) is 5.10. The summed E-state index contributed by atoms with van der Waals surface area (Å²) >= 11 is 5.70. The third-order valence-electron chi connectivity index (χ3n) is 2.92. The third-order valence-corrected chi connectivity index (χ3v) is 3.15. The van der Waals surface area contributed by atoms with Crippen molar-refractivity contribution in [1.29, 1.82) is 0 Å². The average molecular weight is 315 g/mol. The molecule has 7 heteroatoms. The molecule has 0 heterocycles. The number of unbranched alkanes of at least 4 members (excludes halogenated alkanes) is 3. The zero-order valence-corrected chi connectivity index (χ0v) is 12.3. The molecule has 2 amide bonds. The predicted molar refractivity (Wildman–Crippen MR) is 79.4 cm³/mol. The molecule has 4 N–H and O–H groups in total. The van der Waals surface area contributed by atoms with Gasteiger partial charge in [-0.25, -0.2) is 5.48 Å². The molecule has 0 aliphatic rings. The largest absolute Gasteiger partial charge is 0.506 e. The molecule has 0 fully saturated rings. The van der Waals surface area contributed by atoms with Crippen molar-refractivity contribution in [2.45, 2.75) is 38.5 Å². The van der Waals surface area contributed by atoms with Crippen LogP contribution in [0.3, 0.4) is 0 Å². The van der Waals surface area contributed by atoms with Crippen molar-refractivity contribution < 1.29 is 19.9 Å². The normalized spacial score (nSPS) is 10.2. The van der Waals surface area contributed by atoms with E-state index in [0.717, 1.165) is 12.8 Å². The van der Waals surface area contributed by atoms with E-state index in [1.165, 1.54) is 6.07 Å². The summed E-state index contributed by atoms with van der Waals surface area (Å²) in [6, 6.07) is 4.50. The van der Waals surface area contributed by atoms with Crippen LogP contribution in [0.4, 0.5) is 5.69 Å². The lowest BCUT2D eigenvalue weighted by atomic mass is 10.1. The first-order valence-electron chi connectivity index (χ1n) is 6.74. The Kier molecular flexibility index (Phi) is 7.56. The van der Waals surface area contributed by atoms with Gasteiger partial charge in [-0.3, -0.25) is 14.8 Å². The summed E-state index contributed by atoms with van der Waals surface area (Å²) in [7, 11) is 0. The molecule has 6 nitrogen and oxygen atoms in total. The molecule has 0 aromatic heterocycles. The van der Waals surface area contributed by atoms with Crippen LogP contribution >= 0.6 is 11.6 Å². The van der Waals surface area contributed by atoms with E-state index in [1.54, 1.807) is 17.6 Å². The molecule has 0 aliphatic heterocycles. The molecule has 0 bridgehead atoms. The minimum absolute atomic E-state index is 0.0640. The van der Waals surface area contributed by atoms with E-state index in [1.807, 2.05) is 0 Å². The summed E-state index contributed by atoms with van der Waals surface area (Å²) in [4.78, 5) is 22.4. The first-order chi connectivity index (χ1) is 10.0. The number of nitrogens with one attached hydrogen (secondary N) is 2. The van der Waals surface area contributed by atoms with E-state index in [-0.39, 0.29) is 18.1 Å². The lowest BCUT2D eigenvalue weighted by Gasteiger charge is -2.07. The zero-order valence-electron chi connectivity index (χ0n) is 11.6. The number of halogens is 1. The standard InChI is InChI=1S/C14H19ClN2O4/c15-10-7-8-11(12(18)9-10)16-13(19)5-3-1-2-4-6-14(20)17-21/h7-9,18,21H,1-6H2,(H,16,19)(H,17,20). The van der Waals surface area contributed by atoms with Crippen LogP contribution in [0.2, 0.25) is 5.02 Å². The Morgan fingerprint density at radius 2 is 1.67 bits per heavy atom. The number of rotatable bonds is 8. The van der Waals surface area contributed by atoms with Gasteiger partial charge in [0.1, 0.15) is 5.75 Å². The Morgan fingerprint density at radius 1 is 1.05 bits per heavy atom. The van der Waals surface area contributed by atoms with Crippen molar-refractivity contribution in [1.82, 2.24) is 5.48 Å². The van der Waals surface area contributed by atoms with Gasteiger partial charge >= 0.3 is 0 Å². The smallest absolute Gasteiger partial charge is 0.243 e. The first-order valence-corrected chi connectivity index (χ1v) is 7.12. The number of aromatic hydroxyl groups is 1. The Bertz CT molecular complexity index is 494. The quantitative estimate of drug-likeness (QED) is 0.257. The van der Waals surface area contributed by atoms with Crippen LogP contribution in [0.15, 0.2) is 18.2 Å². The molecule has 0 aliphatic carbocycles. The van der Waals surface area contributed by atoms with E-state index >= 15 is 0 Å². The second kappa shape index (κ2) is 9.20. The van der Waals surface area contributed by atoms with Crippen molar-refractivity contribution in [3.63, 3.8) is 0 Å². The topological polar surface area (TPSA) is 98.7 Å². The summed E-state index contributed by atoms with van der Waals surface area (Å²) in [6.07, 6.45) is 3.62. The lowest BCUT2D eigenvalue weighted by Crippen LogP contribution is -2.17. The average Bonchev–Trinajstić information content (AvgIpc) is 2.45. The number of amides is 2. The minimum atomic E-state index is -0.397. The monoisotopic (exact) mass is 314 g/mol. The van der Waals surface area contributed by atoms with Gasteiger partial charge in [-0.2, -0.15) is 0 Å². The van der Waals surface area contributed by atoms with Gasteiger partial charge in [-0.1, -0.05) is 24.4 Å². The fourth-order valence-corrected chi connectivity index (χ4v) is 1.97. The van der Waals surface area contributed by atoms with E-state index in [2.05, 4.69) is 5.32 Å². The summed E-state index contributed by atoms with van der Waals surface area (Å²) in [5, 5.41) is 20.9. The van der Waals surface area contributed by atoms with Gasteiger partial charge in [0, 0.05) is 23.9 Å². The Hall–Kier alpha value is -1.79. The number of carbonyl (C=O) groups excluding carboxylic acids is 2. The molecule has 21 heavy (non-hydrogen) atoms. The molecule has 1 aromatic rings. The fraction of sp³-hybridized carbons (Fsp3) is 0.429. The predicted octanol–water partition coefficient (Wildman–Crippen LogP) is 2.83. The van der Waals surface area contributed by atoms with E-state index in [0.29, 0.717) is 30.0 Å². The summed E-state index contributed by atoms with van der Waals surface area (Å²) in [5.74, 6) is -0.641. The summed E-state index contributed by atoms with van der Waals surface area (Å²) in [6.45, 7) is 0. The number of phenolic OH excluding ortho intramolecular Hbond substituents is 1. The summed E-state index contributed by atoms with van der Waals surface area (Å²) in [5.41, 5.74) is 1.91. The number of carbonyl (C=O) groups is 2. The van der Waals surface area contributed by atoms with Gasteiger partial charge in [0.05, 0.1) is 5.69 Å². The Morgan fingerprint density at radius 3 is 2.24 bits per heavy atom. The van der Waals surface area contributed by atoms with E-state index in [9.17, 15) is 14.7 Å². The SMILES string of the molecule is O=C(CCCCCCC(=O)Nc1ccc(Cl)cc1O)NO. The van der Waals surface area contributed by atoms with Crippen LogP contribution in [0.5, 0.6) is 5.75 Å². The highest BCUT2D eigenvalue weighted by molar-refractivity contribution is 6.30. The number of hydrogen-bond donors (Lipinski definition) is 4. The summed E-state index contributed by atoms with van der Waals surface area (Å²) < 4.78 is 0. The molecule has 1 rings (SSSR count). The number of hydrogen-bond acceptors (Lipinski definition) is 4. The second-order valence-electron chi connectivity index (χ2n) is 4.66. The number of benzene rings is 1. The van der Waals surface area contributed by atoms with Crippen molar-refractivity contribution in [3.8, 4) is 5.75 Å². The van der Waals surface area contributed by atoms with Crippen molar-refractivity contribution in [3.05, 3.63) is 23.2 Å². The number of phenols is 1. The van der Waals surface area contributed by atoms with Crippen LogP contribution in [0.1, 0.15) is 38.5 Å². The van der Waals surface area contributed by atoms with Crippen LogP contribution in [0.25, 0.3) is 0 Å². The molecular formula is C14H19ClN2O4. The van der Waals surface area contributed by atoms with Crippen LogP contribution < -0.4 is 10.8 Å². The maximum atomic E-state index is 11.7. The Balaban J connectivity index is 2.18. The van der Waals surface area contributed by atoms with Gasteiger partial charge in [0.15, 0.2) is 0 Å². The van der Waals surface area contributed by atoms with Crippen LogP contribution in [0, 0.1) is 0 Å². The molecule has 116 valence electrons. The van der Waals surface area contributed by atoms with E-state index < -0.39 is 5.91 Å². The minimum Gasteiger partial charge on any atom is -0.506 e. The fourth-order valence-electron chi connectivity index (χ4n) is 1.80. The Labute approximate surface area is 128 Å². The van der Waals surface area contributed by atoms with Gasteiger partial charge in [-0.15, -0.1) is 0 Å². The molecule has 0 saturated carbocycles. The van der Waals surface area contributed by atoms with Crippen molar-refractivity contribution in [2.75, 3.05) is 5.32 Å². The molecule has 1 aromatic carbocycles. The highest BCUT2D eigenvalue weighted by Gasteiger charge is 2.07. The molecule has 0 radical (unpaired) electrons. The number of hydroxylamine groups is 1. The van der Waals surface area contributed by atoms with Gasteiger partial charge in [-0.05, 0) is 25.0 Å². The molecular weight excluding hydrogens is 296 g/mol. The van der Waals surface area contributed by atoms with E-state index in [4.69, 9.17) is 16.8 Å². The maximum Gasteiger partial charge on any atom is 0.243 e. The number of anilines is 1. The van der Waals surface area contributed by atoms with Gasteiger partial charge in [0.2, 0.25) is 11.8 Å². The highest BCUT2D eigenvalue weighted by Crippen LogP contribution is 2.26. The van der Waals surface area contributed by atoms with Crippen LogP contribution in [-0.4, -0.2) is 22.1 Å². The third kappa shape index (κ3) is 6.97. The first kappa shape index (κ1) is 17.3. The molecule has 0 unspecified atom stereocenters. The molecule has 0 saturated heterocycles. The zero-order chi connectivity index (χ0) is 15.7. The highest BCUT2D eigenvalue weighted by atomic mass is 35.5. The van der Waals surface area contributed by atoms with Crippen molar-refractivity contribution in [2.24, 2.45) is 0 Å². The van der Waals surface area contributed by atoms with Crippen molar-refractivity contribution >= 4 is 29.1 Å². The van der Waals surface area contributed by atoms with Gasteiger partial charge < -0.3 is 10.4 Å². The molecule has 0 spiro atoms. The van der Waals surface area contributed by atoms with Gasteiger partial charge in [0.25, 0.3) is 0 Å². The van der Waals surface area contributed by atoms with Crippen LogP contribution in [-0.2, 0) is 9.59 Å². The maximum absolute atomic E-state index is 11.7.